The van der Waals surface area contributed by atoms with E-state index in [0.29, 0.717) is 13.2 Å². The number of halogens is 3. The van der Waals surface area contributed by atoms with Gasteiger partial charge in [-0.1, -0.05) is 0 Å². The van der Waals surface area contributed by atoms with Crippen LogP contribution < -0.4 is 15.4 Å². The third-order valence-electron chi connectivity index (χ3n) is 4.09. The zero-order valence-electron chi connectivity index (χ0n) is 13.4. The van der Waals surface area contributed by atoms with E-state index in [9.17, 15) is 18.0 Å². The molecule has 2 rings (SSSR count). The monoisotopic (exact) mass is 346 g/mol. The van der Waals surface area contributed by atoms with Crippen LogP contribution >= 0.6 is 0 Å². The van der Waals surface area contributed by atoms with Crippen molar-refractivity contribution in [3.8, 4) is 5.75 Å². The van der Waals surface area contributed by atoms with Crippen LogP contribution in [0.4, 0.5) is 13.2 Å². The van der Waals surface area contributed by atoms with Crippen molar-refractivity contribution in [1.82, 2.24) is 10.6 Å². The van der Waals surface area contributed by atoms with Gasteiger partial charge in [-0.05, 0) is 50.2 Å². The highest BCUT2D eigenvalue weighted by Gasteiger charge is 2.33. The van der Waals surface area contributed by atoms with Crippen LogP contribution in [-0.4, -0.2) is 45.6 Å². The Hall–Kier alpha value is -1.80. The molecule has 1 amide bonds. The fourth-order valence-electron chi connectivity index (χ4n) is 2.81. The van der Waals surface area contributed by atoms with Crippen LogP contribution in [0.3, 0.4) is 0 Å². The lowest BCUT2D eigenvalue weighted by molar-refractivity contribution is -0.274. The summed E-state index contributed by atoms with van der Waals surface area (Å²) < 4.78 is 45.4. The van der Waals surface area contributed by atoms with E-state index in [2.05, 4.69) is 15.4 Å². The van der Waals surface area contributed by atoms with Gasteiger partial charge in [0, 0.05) is 24.6 Å². The van der Waals surface area contributed by atoms with Gasteiger partial charge in [0.1, 0.15) is 5.75 Å². The molecule has 1 aromatic rings. The molecule has 0 aliphatic carbocycles. The topological polar surface area (TPSA) is 59.6 Å². The second-order valence-electron chi connectivity index (χ2n) is 5.94. The average molecular weight is 346 g/mol. The number of hydrogen-bond acceptors (Lipinski definition) is 4. The number of carbonyl (C=O) groups excluding carboxylic acids is 1. The number of methoxy groups -OCH3 is 1. The third kappa shape index (κ3) is 5.38. The molecular weight excluding hydrogens is 325 g/mol. The van der Waals surface area contributed by atoms with E-state index >= 15 is 0 Å². The molecular formula is C16H21F3N2O3. The predicted octanol–water partition coefficient (Wildman–Crippen LogP) is 2.33. The number of piperidine rings is 1. The molecule has 2 N–H and O–H groups in total. The van der Waals surface area contributed by atoms with Gasteiger partial charge in [-0.25, -0.2) is 0 Å². The van der Waals surface area contributed by atoms with Crippen molar-refractivity contribution in [3.05, 3.63) is 29.8 Å². The molecule has 1 fully saturated rings. The lowest BCUT2D eigenvalue weighted by Gasteiger charge is -2.37. The summed E-state index contributed by atoms with van der Waals surface area (Å²) in [5.41, 5.74) is 0.167. The Morgan fingerprint density at radius 2 is 1.88 bits per heavy atom. The van der Waals surface area contributed by atoms with Gasteiger partial charge in [0.2, 0.25) is 0 Å². The Morgan fingerprint density at radius 3 is 2.42 bits per heavy atom. The molecule has 5 nitrogen and oxygen atoms in total. The van der Waals surface area contributed by atoms with E-state index in [4.69, 9.17) is 4.74 Å². The maximum atomic E-state index is 12.2. The van der Waals surface area contributed by atoms with Crippen molar-refractivity contribution in [2.24, 2.45) is 5.41 Å². The van der Waals surface area contributed by atoms with Crippen molar-refractivity contribution < 1.29 is 27.4 Å². The maximum absolute atomic E-state index is 12.2. The summed E-state index contributed by atoms with van der Waals surface area (Å²) in [6, 6.07) is 4.86. The first kappa shape index (κ1) is 18.5. The van der Waals surface area contributed by atoms with Gasteiger partial charge in [0.15, 0.2) is 0 Å². The first-order valence-corrected chi connectivity index (χ1v) is 7.67. The van der Waals surface area contributed by atoms with Gasteiger partial charge in [0.05, 0.1) is 6.61 Å². The average Bonchev–Trinajstić information content (AvgIpc) is 2.53. The molecule has 0 saturated carbocycles. The molecule has 1 saturated heterocycles. The smallest absolute Gasteiger partial charge is 0.406 e. The summed E-state index contributed by atoms with van der Waals surface area (Å²) in [5, 5.41) is 6.12. The normalized spacial score (nSPS) is 17.3. The van der Waals surface area contributed by atoms with Crippen LogP contribution in [0.25, 0.3) is 0 Å². The standard InChI is InChI=1S/C16H21F3N2O3/c1-23-11-15(6-8-20-9-7-15)10-21-14(22)12-2-4-13(5-3-12)24-16(17,18)19/h2-5,20H,6-11H2,1H3,(H,21,22). The highest BCUT2D eigenvalue weighted by atomic mass is 19.4. The first-order valence-electron chi connectivity index (χ1n) is 7.67. The van der Waals surface area contributed by atoms with Gasteiger partial charge in [-0.15, -0.1) is 13.2 Å². The summed E-state index contributed by atoms with van der Waals surface area (Å²) >= 11 is 0. The first-order chi connectivity index (χ1) is 11.3. The molecule has 134 valence electrons. The van der Waals surface area contributed by atoms with Crippen LogP contribution in [-0.2, 0) is 4.74 Å². The van der Waals surface area contributed by atoms with Crippen molar-refractivity contribution in [2.75, 3.05) is 33.4 Å². The summed E-state index contributed by atoms with van der Waals surface area (Å²) in [7, 11) is 1.63. The molecule has 8 heteroatoms. The zero-order chi connectivity index (χ0) is 17.6. The van der Waals surface area contributed by atoms with E-state index in [-0.39, 0.29) is 22.6 Å². The van der Waals surface area contributed by atoms with E-state index < -0.39 is 6.36 Å². The summed E-state index contributed by atoms with van der Waals surface area (Å²) in [6.07, 6.45) is -2.97. The Labute approximate surface area is 138 Å². The minimum atomic E-state index is -4.74. The van der Waals surface area contributed by atoms with Crippen LogP contribution in [0.2, 0.25) is 0 Å². The number of nitrogens with one attached hydrogen (secondary N) is 2. The molecule has 1 aliphatic heterocycles. The van der Waals surface area contributed by atoms with Crippen molar-refractivity contribution in [1.29, 1.82) is 0 Å². The van der Waals surface area contributed by atoms with Gasteiger partial charge >= 0.3 is 6.36 Å². The maximum Gasteiger partial charge on any atom is 0.573 e. The summed E-state index contributed by atoms with van der Waals surface area (Å²) in [6.45, 7) is 2.74. The Balaban J connectivity index is 1.94. The molecule has 0 radical (unpaired) electrons. The SMILES string of the molecule is COCC1(CNC(=O)c2ccc(OC(F)(F)F)cc2)CCNCC1. The second-order valence-corrected chi connectivity index (χ2v) is 5.94. The molecule has 1 aromatic carbocycles. The lowest BCUT2D eigenvalue weighted by atomic mass is 9.79. The molecule has 1 aliphatic rings. The number of rotatable bonds is 6. The van der Waals surface area contributed by atoms with E-state index in [1.165, 1.54) is 12.1 Å². The fourth-order valence-corrected chi connectivity index (χ4v) is 2.81. The molecule has 0 atom stereocenters. The van der Waals surface area contributed by atoms with Gasteiger partial charge in [0.25, 0.3) is 5.91 Å². The lowest BCUT2D eigenvalue weighted by Crippen LogP contribution is -2.47. The molecule has 24 heavy (non-hydrogen) atoms. The minimum absolute atomic E-state index is 0.116. The Morgan fingerprint density at radius 1 is 1.25 bits per heavy atom. The highest BCUT2D eigenvalue weighted by molar-refractivity contribution is 5.94. The zero-order valence-corrected chi connectivity index (χ0v) is 13.4. The number of carbonyl (C=O) groups is 1. The Kier molecular flexibility index (Phi) is 6.06. The number of benzene rings is 1. The minimum Gasteiger partial charge on any atom is -0.406 e. The molecule has 0 unspecified atom stereocenters. The van der Waals surface area contributed by atoms with Crippen molar-refractivity contribution in [2.45, 2.75) is 19.2 Å². The predicted molar refractivity (Wildman–Crippen MR) is 81.9 cm³/mol. The molecule has 1 heterocycles. The number of amides is 1. The quantitative estimate of drug-likeness (QED) is 0.830. The highest BCUT2D eigenvalue weighted by Crippen LogP contribution is 2.28. The third-order valence-corrected chi connectivity index (χ3v) is 4.09. The largest absolute Gasteiger partial charge is 0.573 e. The molecule has 0 aromatic heterocycles. The van der Waals surface area contributed by atoms with Gasteiger partial charge in [-0.2, -0.15) is 0 Å². The Bertz CT molecular complexity index is 535. The molecule has 0 bridgehead atoms. The van der Waals surface area contributed by atoms with Crippen LogP contribution in [0.15, 0.2) is 24.3 Å². The van der Waals surface area contributed by atoms with Gasteiger partial charge < -0.3 is 20.1 Å². The van der Waals surface area contributed by atoms with E-state index in [1.807, 2.05) is 0 Å². The fraction of sp³-hybridized carbons (Fsp3) is 0.562. The number of ether oxygens (including phenoxy) is 2. The number of hydrogen-bond donors (Lipinski definition) is 2. The van der Waals surface area contributed by atoms with Gasteiger partial charge in [-0.3, -0.25) is 4.79 Å². The van der Waals surface area contributed by atoms with Crippen molar-refractivity contribution in [3.63, 3.8) is 0 Å². The second kappa shape index (κ2) is 7.85. The summed E-state index contributed by atoms with van der Waals surface area (Å²) in [4.78, 5) is 12.2. The summed E-state index contributed by atoms with van der Waals surface area (Å²) in [5.74, 6) is -0.684. The van der Waals surface area contributed by atoms with Crippen LogP contribution in [0.1, 0.15) is 23.2 Å². The van der Waals surface area contributed by atoms with E-state index in [0.717, 1.165) is 38.1 Å². The van der Waals surface area contributed by atoms with Crippen molar-refractivity contribution >= 4 is 5.91 Å². The van der Waals surface area contributed by atoms with Crippen LogP contribution in [0.5, 0.6) is 5.75 Å². The van der Waals surface area contributed by atoms with Crippen LogP contribution in [0, 0.1) is 5.41 Å². The molecule has 0 spiro atoms. The number of alkyl halides is 3. The van der Waals surface area contributed by atoms with E-state index in [1.54, 1.807) is 7.11 Å².